The lowest BCUT2D eigenvalue weighted by atomic mass is 9.88. The highest BCUT2D eigenvalue weighted by atomic mass is 32.2. The highest BCUT2D eigenvalue weighted by molar-refractivity contribution is 7.98. The first-order chi connectivity index (χ1) is 17.0. The lowest BCUT2D eigenvalue weighted by molar-refractivity contribution is -0.156. The van der Waals surface area contributed by atoms with Crippen molar-refractivity contribution in [3.63, 3.8) is 0 Å². The van der Waals surface area contributed by atoms with Gasteiger partial charge in [0, 0.05) is 12.0 Å². The Balaban J connectivity index is 1.29. The molecule has 0 saturated carbocycles. The third kappa shape index (κ3) is 4.07. The van der Waals surface area contributed by atoms with Gasteiger partial charge in [-0.2, -0.15) is 11.8 Å². The van der Waals surface area contributed by atoms with Crippen molar-refractivity contribution in [1.82, 2.24) is 10.2 Å². The summed E-state index contributed by atoms with van der Waals surface area (Å²) >= 11 is 1.58. The third-order valence-electron chi connectivity index (χ3n) is 7.79. The third-order valence-corrected chi connectivity index (χ3v) is 8.43. The molecule has 2 aromatic rings. The van der Waals surface area contributed by atoms with Crippen molar-refractivity contribution in [2.45, 2.75) is 55.6 Å². The summed E-state index contributed by atoms with van der Waals surface area (Å²) in [5.41, 5.74) is 3.40. The fourth-order valence-electron chi connectivity index (χ4n) is 6.08. The Kier molecular flexibility index (Phi) is 6.49. The van der Waals surface area contributed by atoms with E-state index in [1.54, 1.807) is 16.7 Å². The molecule has 7 nitrogen and oxygen atoms in total. The molecule has 3 aliphatic rings. The van der Waals surface area contributed by atoms with Crippen LogP contribution in [0.2, 0.25) is 0 Å². The summed E-state index contributed by atoms with van der Waals surface area (Å²) in [4.78, 5) is 40.1. The van der Waals surface area contributed by atoms with Crippen LogP contribution in [0.15, 0.2) is 48.5 Å². The Labute approximate surface area is 209 Å². The standard InChI is InChI=1S/C27H30N2O5S/c1-35-15-12-23(24(30)29-17-10-13-27(29,14-11-17)25(31)32)28-26(33)34-16-22-20-8-4-2-6-18(20)19-7-3-5-9-21(19)22/h2-9,17,22-23H,10-16H2,1H3,(H,28,33)(H,31,32)/t17?,23-,27?/m1/s1. The van der Waals surface area contributed by atoms with Crippen molar-refractivity contribution >= 4 is 29.7 Å². The number of carbonyl (C=O) groups excluding carboxylic acids is 2. The average Bonchev–Trinajstić information content (AvgIpc) is 3.54. The van der Waals surface area contributed by atoms with E-state index in [0.29, 0.717) is 37.9 Å². The SMILES string of the molecule is CSCC[C@@H](NC(=O)OCC1c2ccccc2-c2ccccc21)C(=O)N1C2CCC1(C(=O)O)CC2. The molecule has 5 rings (SSSR count). The number of ether oxygens (including phenoxy) is 1. The van der Waals surface area contributed by atoms with Crippen LogP contribution < -0.4 is 5.32 Å². The predicted octanol–water partition coefficient (Wildman–Crippen LogP) is 4.26. The monoisotopic (exact) mass is 494 g/mol. The summed E-state index contributed by atoms with van der Waals surface area (Å²) in [6.07, 6.45) is 4.03. The van der Waals surface area contributed by atoms with Crippen molar-refractivity contribution in [2.24, 2.45) is 0 Å². The number of hydrogen-bond acceptors (Lipinski definition) is 5. The molecule has 0 spiro atoms. The van der Waals surface area contributed by atoms with Gasteiger partial charge in [-0.15, -0.1) is 0 Å². The van der Waals surface area contributed by atoms with E-state index in [9.17, 15) is 19.5 Å². The Bertz CT molecular complexity index is 1100. The number of fused-ring (bicyclic) bond motifs is 5. The number of nitrogens with zero attached hydrogens (tertiary/aromatic N) is 1. The number of aliphatic carboxylic acids is 1. The first kappa shape index (κ1) is 23.7. The molecule has 0 aromatic heterocycles. The summed E-state index contributed by atoms with van der Waals surface area (Å²) in [5.74, 6) is -0.665. The number of alkyl carbamates (subject to hydrolysis) is 1. The zero-order valence-electron chi connectivity index (χ0n) is 19.7. The molecular weight excluding hydrogens is 464 g/mol. The van der Waals surface area contributed by atoms with Gasteiger partial charge in [-0.3, -0.25) is 4.79 Å². The molecule has 0 unspecified atom stereocenters. The summed E-state index contributed by atoms with van der Waals surface area (Å²) in [5, 5.41) is 12.7. The normalized spacial score (nSPS) is 23.0. The number of rotatable bonds is 8. The van der Waals surface area contributed by atoms with Crippen LogP contribution in [0.3, 0.4) is 0 Å². The van der Waals surface area contributed by atoms with Crippen LogP contribution in [-0.4, -0.2) is 64.2 Å². The largest absolute Gasteiger partial charge is 0.479 e. The molecule has 2 aromatic carbocycles. The van der Waals surface area contributed by atoms with Crippen LogP contribution in [0.1, 0.15) is 49.1 Å². The quantitative estimate of drug-likeness (QED) is 0.570. The van der Waals surface area contributed by atoms with Gasteiger partial charge in [0.1, 0.15) is 18.2 Å². The van der Waals surface area contributed by atoms with Crippen molar-refractivity contribution in [3.8, 4) is 11.1 Å². The summed E-state index contributed by atoms with van der Waals surface area (Å²) in [6, 6.07) is 15.4. The molecule has 0 radical (unpaired) electrons. The van der Waals surface area contributed by atoms with E-state index in [1.807, 2.05) is 30.5 Å². The second kappa shape index (κ2) is 9.57. The van der Waals surface area contributed by atoms with Gasteiger partial charge in [-0.05, 0) is 66.4 Å². The molecule has 184 valence electrons. The topological polar surface area (TPSA) is 95.9 Å². The summed E-state index contributed by atoms with van der Waals surface area (Å²) in [6.45, 7) is 0.161. The van der Waals surface area contributed by atoms with Gasteiger partial charge in [0.2, 0.25) is 5.91 Å². The molecule has 2 amide bonds. The van der Waals surface area contributed by atoms with Crippen molar-refractivity contribution < 1.29 is 24.2 Å². The van der Waals surface area contributed by atoms with E-state index in [1.165, 1.54) is 0 Å². The zero-order valence-corrected chi connectivity index (χ0v) is 20.6. The van der Waals surface area contributed by atoms with Gasteiger partial charge in [0.05, 0.1) is 0 Å². The van der Waals surface area contributed by atoms with E-state index in [4.69, 9.17) is 4.74 Å². The number of carboxylic acid groups (broad SMARTS) is 1. The van der Waals surface area contributed by atoms with Crippen molar-refractivity contribution in [3.05, 3.63) is 59.7 Å². The van der Waals surface area contributed by atoms with Crippen LogP contribution in [-0.2, 0) is 14.3 Å². The highest BCUT2D eigenvalue weighted by Crippen LogP contribution is 2.47. The molecule has 2 fully saturated rings. The van der Waals surface area contributed by atoms with Crippen LogP contribution in [0.5, 0.6) is 0 Å². The van der Waals surface area contributed by atoms with E-state index in [-0.39, 0.29) is 24.5 Å². The maximum atomic E-state index is 13.5. The lowest BCUT2D eigenvalue weighted by Gasteiger charge is -2.33. The van der Waals surface area contributed by atoms with Crippen molar-refractivity contribution in [1.29, 1.82) is 0 Å². The Morgan fingerprint density at radius 3 is 2.26 bits per heavy atom. The summed E-state index contributed by atoms with van der Waals surface area (Å²) < 4.78 is 5.66. The molecule has 8 heteroatoms. The maximum absolute atomic E-state index is 13.5. The molecule has 1 atom stereocenters. The molecule has 2 bridgehead atoms. The molecule has 1 aliphatic carbocycles. The van der Waals surface area contributed by atoms with Gasteiger partial charge < -0.3 is 20.1 Å². The number of carbonyl (C=O) groups is 3. The van der Waals surface area contributed by atoms with Crippen LogP contribution >= 0.6 is 11.8 Å². The first-order valence-electron chi connectivity index (χ1n) is 12.1. The number of benzene rings is 2. The van der Waals surface area contributed by atoms with Gasteiger partial charge in [0.15, 0.2) is 0 Å². The minimum atomic E-state index is -1.14. The second-order valence-corrected chi connectivity index (χ2v) is 10.6. The van der Waals surface area contributed by atoms with Gasteiger partial charge in [-0.25, -0.2) is 9.59 Å². The van der Waals surface area contributed by atoms with Crippen molar-refractivity contribution in [2.75, 3.05) is 18.6 Å². The van der Waals surface area contributed by atoms with Gasteiger partial charge in [-0.1, -0.05) is 48.5 Å². The number of nitrogens with one attached hydrogen (secondary N) is 1. The molecule has 2 aliphatic heterocycles. The zero-order chi connectivity index (χ0) is 24.6. The number of hydrogen-bond donors (Lipinski definition) is 2. The Morgan fingerprint density at radius 2 is 1.69 bits per heavy atom. The lowest BCUT2D eigenvalue weighted by Crippen LogP contribution is -2.57. The maximum Gasteiger partial charge on any atom is 0.407 e. The minimum absolute atomic E-state index is 0.0697. The Morgan fingerprint density at radius 1 is 1.09 bits per heavy atom. The second-order valence-electron chi connectivity index (χ2n) is 9.58. The van der Waals surface area contributed by atoms with Gasteiger partial charge in [0.25, 0.3) is 0 Å². The molecular formula is C27H30N2O5S. The van der Waals surface area contributed by atoms with Gasteiger partial charge >= 0.3 is 12.1 Å². The predicted molar refractivity (Wildman–Crippen MR) is 134 cm³/mol. The smallest absolute Gasteiger partial charge is 0.407 e. The van der Waals surface area contributed by atoms with E-state index in [0.717, 1.165) is 22.3 Å². The van der Waals surface area contributed by atoms with E-state index < -0.39 is 23.6 Å². The fourth-order valence-corrected chi connectivity index (χ4v) is 6.55. The average molecular weight is 495 g/mol. The van der Waals surface area contributed by atoms with E-state index in [2.05, 4.69) is 29.6 Å². The summed E-state index contributed by atoms with van der Waals surface area (Å²) in [7, 11) is 0. The number of carboxylic acids is 1. The Hall–Kier alpha value is -3.00. The molecule has 35 heavy (non-hydrogen) atoms. The fraction of sp³-hybridized carbons (Fsp3) is 0.444. The minimum Gasteiger partial charge on any atom is -0.479 e. The molecule has 2 heterocycles. The van der Waals surface area contributed by atoms with E-state index >= 15 is 0 Å². The van der Waals surface area contributed by atoms with Crippen LogP contribution in [0, 0.1) is 0 Å². The van der Waals surface area contributed by atoms with Crippen LogP contribution in [0.25, 0.3) is 11.1 Å². The number of thioether (sulfide) groups is 1. The van der Waals surface area contributed by atoms with Crippen LogP contribution in [0.4, 0.5) is 4.79 Å². The molecule has 2 saturated heterocycles. The molecule has 2 N–H and O–H groups in total. The number of amides is 2. The first-order valence-corrected chi connectivity index (χ1v) is 13.5. The highest BCUT2D eigenvalue weighted by Gasteiger charge is 2.59.